The van der Waals surface area contributed by atoms with Crippen molar-refractivity contribution in [2.24, 2.45) is 0 Å². The van der Waals surface area contributed by atoms with Gasteiger partial charge in [-0.3, -0.25) is 14.4 Å². The highest BCUT2D eigenvalue weighted by Crippen LogP contribution is 2.28. The molecule has 0 radical (unpaired) electrons. The number of hydrogen-bond acceptors (Lipinski definition) is 6. The minimum atomic E-state index is -0.183. The molecule has 1 atom stereocenters. The van der Waals surface area contributed by atoms with Crippen molar-refractivity contribution in [2.75, 3.05) is 25.0 Å². The topological polar surface area (TPSA) is 117 Å². The van der Waals surface area contributed by atoms with Crippen LogP contribution in [0.1, 0.15) is 43.6 Å². The minimum absolute atomic E-state index is 0.0380. The first kappa shape index (κ1) is 24.1. The van der Waals surface area contributed by atoms with E-state index >= 15 is 0 Å². The molecule has 2 heterocycles. The third kappa shape index (κ3) is 6.53. The second-order valence-electron chi connectivity index (χ2n) is 8.56. The lowest BCUT2D eigenvalue weighted by Gasteiger charge is -2.31. The number of nitrogens with zero attached hydrogens (tertiary/aromatic N) is 3. The summed E-state index contributed by atoms with van der Waals surface area (Å²) in [4.78, 5) is 42.9. The molecule has 1 saturated heterocycles. The van der Waals surface area contributed by atoms with Gasteiger partial charge in [-0.05, 0) is 30.5 Å². The Hall–Kier alpha value is -4.01. The zero-order valence-corrected chi connectivity index (χ0v) is 19.7. The number of nitrogens with one attached hydrogen (secondary N) is 2. The summed E-state index contributed by atoms with van der Waals surface area (Å²) in [6.45, 7) is 2.84. The van der Waals surface area contributed by atoms with Gasteiger partial charge in [0.1, 0.15) is 0 Å². The summed E-state index contributed by atoms with van der Waals surface area (Å²) in [5, 5.41) is 9.66. The molecule has 182 valence electrons. The minimum Gasteiger partial charge on any atom is -0.347 e. The fraction of sp³-hybridized carbons (Fsp3) is 0.346. The van der Waals surface area contributed by atoms with E-state index in [1.54, 1.807) is 24.0 Å². The van der Waals surface area contributed by atoms with E-state index in [9.17, 15) is 14.4 Å². The van der Waals surface area contributed by atoms with Crippen LogP contribution in [-0.2, 0) is 20.8 Å². The van der Waals surface area contributed by atoms with Crippen LogP contribution in [0, 0.1) is 0 Å². The summed E-state index contributed by atoms with van der Waals surface area (Å²) in [6.07, 6.45) is 2.28. The first-order valence-electron chi connectivity index (χ1n) is 11.8. The summed E-state index contributed by atoms with van der Waals surface area (Å²) in [5.74, 6) is 0.459. The number of aromatic nitrogens is 2. The highest BCUT2D eigenvalue weighted by molar-refractivity contribution is 5.91. The van der Waals surface area contributed by atoms with Crippen LogP contribution in [0.4, 0.5) is 5.69 Å². The molecule has 9 heteroatoms. The van der Waals surface area contributed by atoms with Crippen molar-refractivity contribution in [3.8, 4) is 11.4 Å². The maximum Gasteiger partial charge on any atom is 0.241 e. The molecular formula is C26H29N5O4. The van der Waals surface area contributed by atoms with Gasteiger partial charge in [0, 0.05) is 30.8 Å². The smallest absolute Gasteiger partial charge is 0.241 e. The van der Waals surface area contributed by atoms with E-state index in [2.05, 4.69) is 20.8 Å². The largest absolute Gasteiger partial charge is 0.347 e. The van der Waals surface area contributed by atoms with Gasteiger partial charge in [-0.25, -0.2) is 0 Å². The van der Waals surface area contributed by atoms with Gasteiger partial charge in [-0.1, -0.05) is 54.5 Å². The summed E-state index contributed by atoms with van der Waals surface area (Å²) in [5.41, 5.74) is 2.31. The van der Waals surface area contributed by atoms with E-state index < -0.39 is 0 Å². The van der Waals surface area contributed by atoms with Gasteiger partial charge < -0.3 is 20.1 Å². The first-order valence-corrected chi connectivity index (χ1v) is 11.8. The summed E-state index contributed by atoms with van der Waals surface area (Å²) < 4.78 is 5.54. The summed E-state index contributed by atoms with van der Waals surface area (Å²) in [6, 6.07) is 16.7. The van der Waals surface area contributed by atoms with Crippen molar-refractivity contribution < 1.29 is 18.9 Å². The number of anilines is 1. The van der Waals surface area contributed by atoms with Crippen molar-refractivity contribution in [2.45, 2.75) is 38.5 Å². The van der Waals surface area contributed by atoms with Crippen molar-refractivity contribution in [1.29, 1.82) is 0 Å². The number of likely N-dealkylation sites (tertiary alicyclic amines) is 1. The van der Waals surface area contributed by atoms with Crippen LogP contribution in [0.15, 0.2) is 59.1 Å². The molecular weight excluding hydrogens is 446 g/mol. The van der Waals surface area contributed by atoms with Gasteiger partial charge in [0.05, 0.1) is 18.9 Å². The predicted octanol–water partition coefficient (Wildman–Crippen LogP) is 3.15. The van der Waals surface area contributed by atoms with Gasteiger partial charge in [0.15, 0.2) is 0 Å². The van der Waals surface area contributed by atoms with Crippen molar-refractivity contribution in [3.05, 3.63) is 66.1 Å². The molecule has 0 aliphatic carbocycles. The molecule has 0 bridgehead atoms. The van der Waals surface area contributed by atoms with E-state index in [4.69, 9.17) is 4.52 Å². The van der Waals surface area contributed by atoms with Crippen LogP contribution in [0.5, 0.6) is 0 Å². The second kappa shape index (κ2) is 11.4. The Morgan fingerprint density at radius 2 is 1.91 bits per heavy atom. The zero-order chi connectivity index (χ0) is 24.6. The molecule has 0 unspecified atom stereocenters. The molecule has 1 aliphatic heterocycles. The third-order valence-corrected chi connectivity index (χ3v) is 5.94. The molecule has 1 aromatic heterocycles. The van der Waals surface area contributed by atoms with Crippen molar-refractivity contribution in [1.82, 2.24) is 20.4 Å². The van der Waals surface area contributed by atoms with Crippen molar-refractivity contribution in [3.63, 3.8) is 0 Å². The number of rotatable bonds is 8. The van der Waals surface area contributed by atoms with Crippen LogP contribution in [-0.4, -0.2) is 52.4 Å². The summed E-state index contributed by atoms with van der Waals surface area (Å²) in [7, 11) is 0. The number of benzene rings is 2. The Balaban J connectivity index is 1.33. The third-order valence-electron chi connectivity index (χ3n) is 5.94. The van der Waals surface area contributed by atoms with Gasteiger partial charge in [0.2, 0.25) is 29.4 Å². The number of piperidine rings is 1. The Bertz CT molecular complexity index is 1180. The molecule has 0 saturated carbocycles. The Labute approximate surface area is 203 Å². The standard InChI is InChI=1S/C26H29N5O4/c1-2-22(32)28-21-12-6-10-19(15-21)25-29-26(35-30-25)20-11-7-13-31(17-20)24(34)16-27-23(33)14-18-8-4-3-5-9-18/h3-6,8-10,12,15,20H,2,7,11,13-14,16-17H2,1H3,(H,27,33)(H,28,32)/t20-/m1/s1. The second-order valence-corrected chi connectivity index (χ2v) is 8.56. The van der Waals surface area contributed by atoms with Crippen LogP contribution < -0.4 is 10.6 Å². The van der Waals surface area contributed by atoms with Gasteiger partial charge in [0.25, 0.3) is 0 Å². The molecule has 9 nitrogen and oxygen atoms in total. The van der Waals surface area contributed by atoms with E-state index in [1.165, 1.54) is 0 Å². The maximum absolute atomic E-state index is 12.7. The molecule has 4 rings (SSSR count). The highest BCUT2D eigenvalue weighted by atomic mass is 16.5. The Morgan fingerprint density at radius 3 is 2.71 bits per heavy atom. The monoisotopic (exact) mass is 475 g/mol. The van der Waals surface area contributed by atoms with Gasteiger partial charge in [-0.15, -0.1) is 0 Å². The van der Waals surface area contributed by atoms with Gasteiger partial charge in [-0.2, -0.15) is 4.98 Å². The average molecular weight is 476 g/mol. The fourth-order valence-electron chi connectivity index (χ4n) is 4.04. The Morgan fingerprint density at radius 1 is 1.09 bits per heavy atom. The van der Waals surface area contributed by atoms with Crippen LogP contribution in [0.25, 0.3) is 11.4 Å². The fourth-order valence-corrected chi connectivity index (χ4v) is 4.04. The van der Waals surface area contributed by atoms with Crippen molar-refractivity contribution >= 4 is 23.4 Å². The number of carbonyl (C=O) groups excluding carboxylic acids is 3. The van der Waals surface area contributed by atoms with Crippen LogP contribution in [0.2, 0.25) is 0 Å². The van der Waals surface area contributed by atoms with E-state index in [0.29, 0.717) is 36.9 Å². The Kier molecular flexibility index (Phi) is 7.87. The lowest BCUT2D eigenvalue weighted by molar-refractivity contribution is -0.133. The summed E-state index contributed by atoms with van der Waals surface area (Å²) >= 11 is 0. The molecule has 3 amide bonds. The number of amides is 3. The molecule has 2 N–H and O–H groups in total. The zero-order valence-electron chi connectivity index (χ0n) is 19.7. The lowest BCUT2D eigenvalue weighted by Crippen LogP contribution is -2.44. The average Bonchev–Trinajstić information content (AvgIpc) is 3.39. The van der Waals surface area contributed by atoms with E-state index in [1.807, 2.05) is 42.5 Å². The molecule has 1 aliphatic rings. The van der Waals surface area contributed by atoms with Gasteiger partial charge >= 0.3 is 0 Å². The van der Waals surface area contributed by atoms with Crippen LogP contribution >= 0.6 is 0 Å². The molecule has 2 aromatic carbocycles. The molecule has 3 aromatic rings. The quantitative estimate of drug-likeness (QED) is 0.517. The number of hydrogen-bond donors (Lipinski definition) is 2. The van der Waals surface area contributed by atoms with Crippen LogP contribution in [0.3, 0.4) is 0 Å². The molecule has 35 heavy (non-hydrogen) atoms. The van der Waals surface area contributed by atoms with E-state index in [-0.39, 0.29) is 36.6 Å². The SMILES string of the molecule is CCC(=O)Nc1cccc(-c2noc([C@@H]3CCCN(C(=O)CNC(=O)Cc4ccccc4)C3)n2)c1. The number of carbonyl (C=O) groups is 3. The first-order chi connectivity index (χ1) is 17.0. The normalized spacial score (nSPS) is 15.5. The highest BCUT2D eigenvalue weighted by Gasteiger charge is 2.29. The van der Waals surface area contributed by atoms with E-state index in [0.717, 1.165) is 24.0 Å². The molecule has 0 spiro atoms. The predicted molar refractivity (Wildman–Crippen MR) is 130 cm³/mol. The molecule has 1 fully saturated rings. The lowest BCUT2D eigenvalue weighted by atomic mass is 9.98. The maximum atomic E-state index is 12.7.